The maximum Gasteiger partial charge on any atom is 0.337 e. The number of carbonyl (C=O) groups is 1. The van der Waals surface area contributed by atoms with E-state index in [1.165, 1.54) is 11.3 Å². The number of carboxylic acid groups (broad SMARTS) is 1. The van der Waals surface area contributed by atoms with Crippen molar-refractivity contribution in [3.05, 3.63) is 82.0 Å². The van der Waals surface area contributed by atoms with Gasteiger partial charge >= 0.3 is 5.97 Å². The molecule has 120 valence electrons. The first-order chi connectivity index (χ1) is 11.6. The molecule has 1 heterocycles. The summed E-state index contributed by atoms with van der Waals surface area (Å²) in [6.07, 6.45) is 1.67. The first kappa shape index (κ1) is 16.0. The first-order valence-electron chi connectivity index (χ1n) is 7.46. The van der Waals surface area contributed by atoms with Crippen molar-refractivity contribution in [1.82, 2.24) is 0 Å². The van der Waals surface area contributed by atoms with Gasteiger partial charge in [-0.3, -0.25) is 0 Å². The number of hydrogen-bond donors (Lipinski definition) is 1. The zero-order valence-electron chi connectivity index (χ0n) is 13.1. The van der Waals surface area contributed by atoms with Gasteiger partial charge in [0.1, 0.15) is 11.5 Å². The fraction of sp³-hybridized carbons (Fsp3) is 0.0500. The van der Waals surface area contributed by atoms with Crippen LogP contribution in [0.3, 0.4) is 0 Å². The molecule has 0 amide bonds. The minimum Gasteiger partial charge on any atom is -0.478 e. The van der Waals surface area contributed by atoms with Gasteiger partial charge in [-0.05, 0) is 53.8 Å². The van der Waals surface area contributed by atoms with Crippen LogP contribution in [0.4, 0.5) is 0 Å². The predicted molar refractivity (Wildman–Crippen MR) is 97.5 cm³/mol. The molecule has 0 saturated carbocycles. The molecule has 0 fully saturated rings. The van der Waals surface area contributed by atoms with Crippen molar-refractivity contribution in [2.24, 2.45) is 0 Å². The molecule has 4 heteroatoms. The van der Waals surface area contributed by atoms with E-state index in [4.69, 9.17) is 4.74 Å². The lowest BCUT2D eigenvalue weighted by Crippen LogP contribution is -1.97. The smallest absolute Gasteiger partial charge is 0.337 e. The molecule has 0 saturated heterocycles. The van der Waals surface area contributed by atoms with E-state index < -0.39 is 5.97 Å². The van der Waals surface area contributed by atoms with Gasteiger partial charge in [-0.2, -0.15) is 0 Å². The summed E-state index contributed by atoms with van der Waals surface area (Å²) in [5.41, 5.74) is 2.17. The van der Waals surface area contributed by atoms with Gasteiger partial charge in [-0.15, -0.1) is 11.3 Å². The second-order valence-electron chi connectivity index (χ2n) is 5.28. The van der Waals surface area contributed by atoms with E-state index in [1.54, 1.807) is 12.1 Å². The molecule has 1 N–H and O–H groups in total. The van der Waals surface area contributed by atoms with E-state index in [2.05, 4.69) is 0 Å². The van der Waals surface area contributed by atoms with Gasteiger partial charge in [0, 0.05) is 4.88 Å². The Morgan fingerprint density at radius 2 is 1.79 bits per heavy atom. The first-order valence-corrected chi connectivity index (χ1v) is 8.34. The van der Waals surface area contributed by atoms with Crippen LogP contribution in [0, 0.1) is 6.92 Å². The molecule has 0 spiro atoms. The zero-order chi connectivity index (χ0) is 16.9. The summed E-state index contributed by atoms with van der Waals surface area (Å²) in [6, 6.07) is 18.8. The van der Waals surface area contributed by atoms with Gasteiger partial charge in [0.2, 0.25) is 0 Å². The number of ether oxygens (including phenoxy) is 1. The van der Waals surface area contributed by atoms with Gasteiger partial charge in [-0.25, -0.2) is 4.79 Å². The van der Waals surface area contributed by atoms with Crippen molar-refractivity contribution >= 4 is 29.0 Å². The fourth-order valence-electron chi connectivity index (χ4n) is 2.27. The molecule has 0 radical (unpaired) electrons. The molecular formula is C20H16O3S. The Labute approximate surface area is 144 Å². The summed E-state index contributed by atoms with van der Waals surface area (Å²) in [5, 5.41) is 11.3. The van der Waals surface area contributed by atoms with Gasteiger partial charge < -0.3 is 9.84 Å². The van der Waals surface area contributed by atoms with Gasteiger partial charge in [0.15, 0.2) is 0 Å². The van der Waals surface area contributed by atoms with Crippen LogP contribution in [-0.2, 0) is 4.79 Å². The highest BCUT2D eigenvalue weighted by Gasteiger charge is 2.11. The molecule has 24 heavy (non-hydrogen) atoms. The number of aryl methyl sites for hydroxylation is 1. The summed E-state index contributed by atoms with van der Waals surface area (Å²) in [5.74, 6) is 0.595. The molecular weight excluding hydrogens is 320 g/mol. The number of benzene rings is 2. The number of thiophene rings is 1. The van der Waals surface area contributed by atoms with Crippen molar-refractivity contribution < 1.29 is 14.6 Å². The predicted octanol–water partition coefficient (Wildman–Crippen LogP) is 5.47. The Morgan fingerprint density at radius 3 is 2.42 bits per heavy atom. The lowest BCUT2D eigenvalue weighted by molar-refractivity contribution is -0.130. The molecule has 0 atom stereocenters. The monoisotopic (exact) mass is 336 g/mol. The topological polar surface area (TPSA) is 46.5 Å². The SMILES string of the molecule is Cc1ccccc1Oc1ccc(/C=C(\C(=O)O)c2cccs2)cc1. The van der Waals surface area contributed by atoms with Crippen molar-refractivity contribution in [1.29, 1.82) is 0 Å². The summed E-state index contributed by atoms with van der Waals surface area (Å²) in [7, 11) is 0. The van der Waals surface area contributed by atoms with Crippen molar-refractivity contribution in [3.63, 3.8) is 0 Å². The third-order valence-corrected chi connectivity index (χ3v) is 4.43. The summed E-state index contributed by atoms with van der Waals surface area (Å²) in [4.78, 5) is 12.2. The minimum absolute atomic E-state index is 0.289. The Balaban J connectivity index is 1.83. The second kappa shape index (κ2) is 7.15. The van der Waals surface area contributed by atoms with Crippen LogP contribution in [0.2, 0.25) is 0 Å². The number of aliphatic carboxylic acids is 1. The molecule has 0 bridgehead atoms. The lowest BCUT2D eigenvalue weighted by atomic mass is 10.1. The summed E-state index contributed by atoms with van der Waals surface area (Å²) in [6.45, 7) is 1.99. The van der Waals surface area contributed by atoms with Crippen molar-refractivity contribution in [3.8, 4) is 11.5 Å². The van der Waals surface area contributed by atoms with E-state index in [0.717, 1.165) is 27.5 Å². The number of hydrogen-bond acceptors (Lipinski definition) is 3. The van der Waals surface area contributed by atoms with E-state index >= 15 is 0 Å². The van der Waals surface area contributed by atoms with E-state index in [9.17, 15) is 9.90 Å². The maximum atomic E-state index is 11.5. The van der Waals surface area contributed by atoms with Crippen molar-refractivity contribution in [2.45, 2.75) is 6.92 Å². The molecule has 0 aliphatic rings. The zero-order valence-corrected chi connectivity index (χ0v) is 13.9. The largest absolute Gasteiger partial charge is 0.478 e. The number of rotatable bonds is 5. The van der Waals surface area contributed by atoms with Crippen LogP contribution >= 0.6 is 11.3 Å². The third kappa shape index (κ3) is 3.73. The van der Waals surface area contributed by atoms with Crippen LogP contribution in [0.5, 0.6) is 11.5 Å². The van der Waals surface area contributed by atoms with E-state index in [0.29, 0.717) is 0 Å². The number of para-hydroxylation sites is 1. The molecule has 1 aromatic heterocycles. The minimum atomic E-state index is -0.933. The molecule has 0 unspecified atom stereocenters. The van der Waals surface area contributed by atoms with Crippen LogP contribution in [0.25, 0.3) is 11.6 Å². The quantitative estimate of drug-likeness (QED) is 0.628. The van der Waals surface area contributed by atoms with Crippen LogP contribution < -0.4 is 4.74 Å². The third-order valence-electron chi connectivity index (χ3n) is 3.53. The number of carboxylic acids is 1. The second-order valence-corrected chi connectivity index (χ2v) is 6.22. The normalized spacial score (nSPS) is 11.3. The Kier molecular flexibility index (Phi) is 4.77. The van der Waals surface area contributed by atoms with Crippen LogP contribution in [0.15, 0.2) is 66.0 Å². The van der Waals surface area contributed by atoms with E-state index in [1.807, 2.05) is 66.9 Å². The van der Waals surface area contributed by atoms with Crippen LogP contribution in [0.1, 0.15) is 16.0 Å². The molecule has 0 aliphatic carbocycles. The molecule has 0 aliphatic heterocycles. The fourth-order valence-corrected chi connectivity index (χ4v) is 3.00. The Bertz CT molecular complexity index is 862. The highest BCUT2D eigenvalue weighted by Crippen LogP contribution is 2.27. The standard InChI is InChI=1S/C20H16O3S/c1-14-5-2-3-6-18(14)23-16-10-8-15(9-11-16)13-17(20(21)22)19-7-4-12-24-19/h2-13H,1H3,(H,21,22)/b17-13-. The summed E-state index contributed by atoms with van der Waals surface area (Å²) >= 11 is 1.41. The summed E-state index contributed by atoms with van der Waals surface area (Å²) < 4.78 is 5.85. The highest BCUT2D eigenvalue weighted by molar-refractivity contribution is 7.11. The molecule has 2 aromatic carbocycles. The average Bonchev–Trinajstić information content (AvgIpc) is 3.10. The van der Waals surface area contributed by atoms with Crippen LogP contribution in [-0.4, -0.2) is 11.1 Å². The molecule has 3 aromatic rings. The Hall–Kier alpha value is -2.85. The molecule has 3 nitrogen and oxygen atoms in total. The van der Waals surface area contributed by atoms with Gasteiger partial charge in [-0.1, -0.05) is 36.4 Å². The average molecular weight is 336 g/mol. The van der Waals surface area contributed by atoms with Gasteiger partial charge in [0.25, 0.3) is 0 Å². The highest BCUT2D eigenvalue weighted by atomic mass is 32.1. The van der Waals surface area contributed by atoms with E-state index in [-0.39, 0.29) is 5.57 Å². The molecule has 3 rings (SSSR count). The maximum absolute atomic E-state index is 11.5. The van der Waals surface area contributed by atoms with Crippen molar-refractivity contribution in [2.75, 3.05) is 0 Å². The lowest BCUT2D eigenvalue weighted by Gasteiger charge is -2.08. The van der Waals surface area contributed by atoms with Gasteiger partial charge in [0.05, 0.1) is 5.57 Å². The Morgan fingerprint density at radius 1 is 1.04 bits per heavy atom.